The van der Waals surface area contributed by atoms with Crippen molar-refractivity contribution in [3.05, 3.63) is 11.9 Å². The van der Waals surface area contributed by atoms with Crippen LogP contribution in [0.3, 0.4) is 0 Å². The minimum atomic E-state index is 0.0160. The Morgan fingerprint density at radius 2 is 2.37 bits per heavy atom. The van der Waals surface area contributed by atoms with Crippen LogP contribution in [0, 0.1) is 0 Å². The highest BCUT2D eigenvalue weighted by molar-refractivity contribution is 5.82. The van der Waals surface area contributed by atoms with Crippen LogP contribution in [0.4, 0.5) is 11.6 Å². The third-order valence-corrected chi connectivity index (χ3v) is 2.81. The standard InChI is InChI=1S/C12H19N5O2/c1-3-19-8-10-15-9(13-2)6-11(16-10)17-5-4-14-12(18)7-17/h6H,3-5,7-8H2,1-2H3,(H,14,18)(H,13,15,16). The van der Waals surface area contributed by atoms with Gasteiger partial charge in [0, 0.05) is 32.8 Å². The van der Waals surface area contributed by atoms with Crippen molar-refractivity contribution in [2.24, 2.45) is 0 Å². The second kappa shape index (κ2) is 6.33. The molecule has 1 aliphatic rings. The average Bonchev–Trinajstić information content (AvgIpc) is 2.44. The molecule has 0 bridgehead atoms. The molecule has 2 rings (SSSR count). The number of piperazine rings is 1. The number of nitrogens with one attached hydrogen (secondary N) is 2. The highest BCUT2D eigenvalue weighted by Gasteiger charge is 2.18. The zero-order valence-electron chi connectivity index (χ0n) is 11.3. The van der Waals surface area contributed by atoms with E-state index < -0.39 is 0 Å². The number of carbonyl (C=O) groups excluding carboxylic acids is 1. The molecule has 0 aromatic carbocycles. The summed E-state index contributed by atoms with van der Waals surface area (Å²) in [6.45, 7) is 4.64. The molecule has 2 N–H and O–H groups in total. The molecule has 1 saturated heterocycles. The molecule has 7 nitrogen and oxygen atoms in total. The summed E-state index contributed by atoms with van der Waals surface area (Å²) in [5, 5.41) is 5.80. The first-order chi connectivity index (χ1) is 9.22. The maximum atomic E-state index is 11.4. The summed E-state index contributed by atoms with van der Waals surface area (Å²) in [4.78, 5) is 22.1. The lowest BCUT2D eigenvalue weighted by Crippen LogP contribution is -2.48. The van der Waals surface area contributed by atoms with E-state index in [-0.39, 0.29) is 5.91 Å². The summed E-state index contributed by atoms with van der Waals surface area (Å²) in [6, 6.07) is 1.84. The fourth-order valence-corrected chi connectivity index (χ4v) is 1.87. The normalized spacial score (nSPS) is 15.3. The number of ether oxygens (including phenoxy) is 1. The largest absolute Gasteiger partial charge is 0.374 e. The molecule has 1 aromatic rings. The highest BCUT2D eigenvalue weighted by Crippen LogP contribution is 2.16. The summed E-state index contributed by atoms with van der Waals surface area (Å²) in [6.07, 6.45) is 0. The molecular weight excluding hydrogens is 246 g/mol. The number of rotatable bonds is 5. The van der Waals surface area contributed by atoms with Gasteiger partial charge in [-0.3, -0.25) is 4.79 Å². The van der Waals surface area contributed by atoms with Crippen LogP contribution < -0.4 is 15.5 Å². The first-order valence-corrected chi connectivity index (χ1v) is 6.38. The molecule has 0 aliphatic carbocycles. The van der Waals surface area contributed by atoms with Gasteiger partial charge >= 0.3 is 0 Å². The van der Waals surface area contributed by atoms with Crippen molar-refractivity contribution >= 4 is 17.5 Å². The predicted molar refractivity (Wildman–Crippen MR) is 72.1 cm³/mol. The van der Waals surface area contributed by atoms with Gasteiger partial charge in [-0.05, 0) is 6.92 Å². The Hall–Kier alpha value is -1.89. The van der Waals surface area contributed by atoms with Crippen molar-refractivity contribution < 1.29 is 9.53 Å². The summed E-state index contributed by atoms with van der Waals surface area (Å²) >= 11 is 0. The molecule has 7 heteroatoms. The minimum absolute atomic E-state index is 0.0160. The predicted octanol–water partition coefficient (Wildman–Crippen LogP) is -0.00900. The first-order valence-electron chi connectivity index (χ1n) is 6.38. The Morgan fingerprint density at radius 1 is 1.53 bits per heavy atom. The molecule has 0 unspecified atom stereocenters. The molecule has 0 atom stereocenters. The molecule has 2 heterocycles. The maximum Gasteiger partial charge on any atom is 0.239 e. The number of hydrogen-bond donors (Lipinski definition) is 2. The van der Waals surface area contributed by atoms with Gasteiger partial charge in [0.05, 0.1) is 6.54 Å². The van der Waals surface area contributed by atoms with E-state index in [1.54, 1.807) is 7.05 Å². The van der Waals surface area contributed by atoms with Gasteiger partial charge in [0.25, 0.3) is 0 Å². The second-order valence-corrected chi connectivity index (χ2v) is 4.19. The summed E-state index contributed by atoms with van der Waals surface area (Å²) in [5.74, 6) is 2.12. The van der Waals surface area contributed by atoms with Crippen molar-refractivity contribution in [1.82, 2.24) is 15.3 Å². The fourth-order valence-electron chi connectivity index (χ4n) is 1.87. The Kier molecular flexibility index (Phi) is 4.51. The molecule has 1 fully saturated rings. The summed E-state index contributed by atoms with van der Waals surface area (Å²) < 4.78 is 5.33. The van der Waals surface area contributed by atoms with Crippen LogP contribution in [0.1, 0.15) is 12.7 Å². The minimum Gasteiger partial charge on any atom is -0.374 e. The van der Waals surface area contributed by atoms with Gasteiger partial charge in [0.1, 0.15) is 18.2 Å². The van der Waals surface area contributed by atoms with Gasteiger partial charge < -0.3 is 20.3 Å². The summed E-state index contributed by atoms with van der Waals surface area (Å²) in [7, 11) is 1.81. The highest BCUT2D eigenvalue weighted by atomic mass is 16.5. The van der Waals surface area contributed by atoms with Crippen molar-refractivity contribution in [3.63, 3.8) is 0 Å². The van der Waals surface area contributed by atoms with Gasteiger partial charge in [-0.25, -0.2) is 9.97 Å². The number of amides is 1. The molecule has 0 radical (unpaired) electrons. The zero-order valence-corrected chi connectivity index (χ0v) is 11.3. The van der Waals surface area contributed by atoms with E-state index in [2.05, 4.69) is 20.6 Å². The van der Waals surface area contributed by atoms with Crippen LogP contribution in [-0.2, 0) is 16.1 Å². The van der Waals surface area contributed by atoms with Crippen molar-refractivity contribution in [1.29, 1.82) is 0 Å². The van der Waals surface area contributed by atoms with Gasteiger partial charge in [0.2, 0.25) is 5.91 Å². The number of nitrogens with zero attached hydrogens (tertiary/aromatic N) is 3. The quantitative estimate of drug-likeness (QED) is 0.779. The van der Waals surface area contributed by atoms with Crippen LogP contribution in [0.2, 0.25) is 0 Å². The van der Waals surface area contributed by atoms with E-state index in [1.165, 1.54) is 0 Å². The molecule has 104 valence electrons. The van der Waals surface area contributed by atoms with Crippen molar-refractivity contribution in [2.45, 2.75) is 13.5 Å². The van der Waals surface area contributed by atoms with Gasteiger partial charge in [-0.2, -0.15) is 0 Å². The molecule has 1 amide bonds. The van der Waals surface area contributed by atoms with Crippen LogP contribution in [-0.4, -0.2) is 49.2 Å². The lowest BCUT2D eigenvalue weighted by Gasteiger charge is -2.28. The van der Waals surface area contributed by atoms with E-state index in [0.29, 0.717) is 32.1 Å². The third kappa shape index (κ3) is 3.54. The Balaban J connectivity index is 2.20. The third-order valence-electron chi connectivity index (χ3n) is 2.81. The molecule has 0 saturated carbocycles. The lowest BCUT2D eigenvalue weighted by atomic mass is 10.3. The first kappa shape index (κ1) is 13.5. The van der Waals surface area contributed by atoms with Crippen LogP contribution >= 0.6 is 0 Å². The van der Waals surface area contributed by atoms with Crippen LogP contribution in [0.15, 0.2) is 6.07 Å². The van der Waals surface area contributed by atoms with E-state index in [1.807, 2.05) is 17.9 Å². The lowest BCUT2D eigenvalue weighted by molar-refractivity contribution is -0.120. The van der Waals surface area contributed by atoms with E-state index in [9.17, 15) is 4.79 Å². The number of anilines is 2. The molecule has 0 spiro atoms. The smallest absolute Gasteiger partial charge is 0.239 e. The van der Waals surface area contributed by atoms with E-state index in [0.717, 1.165) is 18.2 Å². The number of carbonyl (C=O) groups is 1. The zero-order chi connectivity index (χ0) is 13.7. The Morgan fingerprint density at radius 3 is 3.05 bits per heavy atom. The molecule has 19 heavy (non-hydrogen) atoms. The maximum absolute atomic E-state index is 11.4. The van der Waals surface area contributed by atoms with Gasteiger partial charge in [0.15, 0.2) is 5.82 Å². The molecule has 1 aromatic heterocycles. The molecular formula is C12H19N5O2. The van der Waals surface area contributed by atoms with Gasteiger partial charge in [-0.15, -0.1) is 0 Å². The topological polar surface area (TPSA) is 79.4 Å². The van der Waals surface area contributed by atoms with Crippen molar-refractivity contribution in [2.75, 3.05) is 43.5 Å². The Labute approximate surface area is 112 Å². The average molecular weight is 265 g/mol. The van der Waals surface area contributed by atoms with Crippen molar-refractivity contribution in [3.8, 4) is 0 Å². The van der Waals surface area contributed by atoms with Crippen LogP contribution in [0.25, 0.3) is 0 Å². The number of hydrogen-bond acceptors (Lipinski definition) is 6. The van der Waals surface area contributed by atoms with Gasteiger partial charge in [-0.1, -0.05) is 0 Å². The summed E-state index contributed by atoms with van der Waals surface area (Å²) in [5.41, 5.74) is 0. The van der Waals surface area contributed by atoms with E-state index in [4.69, 9.17) is 4.74 Å². The SMILES string of the molecule is CCOCc1nc(NC)cc(N2CCNC(=O)C2)n1. The second-order valence-electron chi connectivity index (χ2n) is 4.19. The molecule has 1 aliphatic heterocycles. The Bertz CT molecular complexity index is 452. The van der Waals surface area contributed by atoms with Crippen LogP contribution in [0.5, 0.6) is 0 Å². The number of aromatic nitrogens is 2. The van der Waals surface area contributed by atoms with E-state index >= 15 is 0 Å². The monoisotopic (exact) mass is 265 g/mol. The fraction of sp³-hybridized carbons (Fsp3) is 0.583.